The molecule has 1 aromatic carbocycles. The van der Waals surface area contributed by atoms with E-state index in [2.05, 4.69) is 5.43 Å². The van der Waals surface area contributed by atoms with Crippen LogP contribution >= 0.6 is 11.6 Å². The van der Waals surface area contributed by atoms with Crippen LogP contribution in [0.2, 0.25) is 5.02 Å². The van der Waals surface area contributed by atoms with E-state index in [1.807, 2.05) is 6.92 Å². The van der Waals surface area contributed by atoms with Crippen molar-refractivity contribution in [3.63, 3.8) is 0 Å². The molecule has 0 fully saturated rings. The number of halogens is 2. The van der Waals surface area contributed by atoms with Crippen molar-refractivity contribution in [1.29, 1.82) is 0 Å². The van der Waals surface area contributed by atoms with Gasteiger partial charge < -0.3 is 0 Å². The summed E-state index contributed by atoms with van der Waals surface area (Å²) in [7, 11) is 0. The van der Waals surface area contributed by atoms with Crippen molar-refractivity contribution >= 4 is 11.6 Å². The first kappa shape index (κ1) is 10.4. The summed E-state index contributed by atoms with van der Waals surface area (Å²) in [4.78, 5) is 0. The van der Waals surface area contributed by atoms with Crippen molar-refractivity contribution in [3.8, 4) is 0 Å². The third-order valence-electron chi connectivity index (χ3n) is 1.82. The van der Waals surface area contributed by atoms with Crippen molar-refractivity contribution in [2.75, 3.05) is 0 Å². The summed E-state index contributed by atoms with van der Waals surface area (Å²) in [6.07, 6.45) is 0.531. The van der Waals surface area contributed by atoms with Gasteiger partial charge in [0.1, 0.15) is 5.82 Å². The molecule has 4 heteroatoms. The molecule has 0 aliphatic carbocycles. The van der Waals surface area contributed by atoms with Crippen LogP contribution in [0.5, 0.6) is 0 Å². The molecule has 0 radical (unpaired) electrons. The van der Waals surface area contributed by atoms with Gasteiger partial charge >= 0.3 is 0 Å². The monoisotopic (exact) mass is 202 g/mol. The van der Waals surface area contributed by atoms with Crippen molar-refractivity contribution in [3.05, 3.63) is 34.6 Å². The molecule has 1 aromatic rings. The Balaban J connectivity index is 2.81. The standard InChI is InChI=1S/C9H12ClFN2/c1-6(13-12)4-7-5-8(10)2-3-9(7)11/h2-3,5-6,13H,4,12H2,1H3. The topological polar surface area (TPSA) is 38.0 Å². The van der Waals surface area contributed by atoms with Crippen molar-refractivity contribution in [2.45, 2.75) is 19.4 Å². The third kappa shape index (κ3) is 2.95. The van der Waals surface area contributed by atoms with Gasteiger partial charge in [0, 0.05) is 11.1 Å². The lowest BCUT2D eigenvalue weighted by Gasteiger charge is -2.10. The van der Waals surface area contributed by atoms with Crippen LogP contribution in [0.25, 0.3) is 0 Å². The van der Waals surface area contributed by atoms with E-state index >= 15 is 0 Å². The lowest BCUT2D eigenvalue weighted by atomic mass is 10.1. The summed E-state index contributed by atoms with van der Waals surface area (Å²) >= 11 is 5.73. The quantitative estimate of drug-likeness (QED) is 0.580. The van der Waals surface area contributed by atoms with E-state index < -0.39 is 0 Å². The summed E-state index contributed by atoms with van der Waals surface area (Å²) in [5.74, 6) is 4.96. The highest BCUT2D eigenvalue weighted by Gasteiger charge is 2.06. The van der Waals surface area contributed by atoms with Gasteiger partial charge in [0.05, 0.1) is 0 Å². The van der Waals surface area contributed by atoms with Gasteiger partial charge in [0.15, 0.2) is 0 Å². The number of benzene rings is 1. The first-order valence-electron chi connectivity index (χ1n) is 4.03. The van der Waals surface area contributed by atoms with E-state index in [-0.39, 0.29) is 11.9 Å². The summed E-state index contributed by atoms with van der Waals surface area (Å²) in [6, 6.07) is 4.54. The third-order valence-corrected chi connectivity index (χ3v) is 2.05. The van der Waals surface area contributed by atoms with Gasteiger partial charge in [-0.1, -0.05) is 11.6 Å². The van der Waals surface area contributed by atoms with Crippen LogP contribution in [0, 0.1) is 5.82 Å². The molecule has 2 nitrogen and oxygen atoms in total. The number of nitrogens with one attached hydrogen (secondary N) is 1. The van der Waals surface area contributed by atoms with Gasteiger partial charge in [-0.3, -0.25) is 11.3 Å². The molecule has 1 atom stereocenters. The Morgan fingerprint density at radius 3 is 2.92 bits per heavy atom. The highest BCUT2D eigenvalue weighted by Crippen LogP contribution is 2.16. The number of hydrazine groups is 1. The van der Waals surface area contributed by atoms with Crippen LogP contribution in [0.4, 0.5) is 4.39 Å². The second-order valence-electron chi connectivity index (χ2n) is 3.01. The van der Waals surface area contributed by atoms with Crippen LogP contribution in [-0.4, -0.2) is 6.04 Å². The van der Waals surface area contributed by atoms with Crippen molar-refractivity contribution in [1.82, 2.24) is 5.43 Å². The SMILES string of the molecule is CC(Cc1cc(Cl)ccc1F)NN. The maximum atomic E-state index is 13.1. The number of nitrogens with two attached hydrogens (primary N) is 1. The highest BCUT2D eigenvalue weighted by molar-refractivity contribution is 6.30. The predicted molar refractivity (Wildman–Crippen MR) is 51.9 cm³/mol. The van der Waals surface area contributed by atoms with Crippen LogP contribution in [-0.2, 0) is 6.42 Å². The molecule has 0 aliphatic heterocycles. The molecule has 0 aliphatic rings. The molecule has 1 rings (SSSR count). The molecule has 1 unspecified atom stereocenters. The van der Waals surface area contributed by atoms with E-state index in [4.69, 9.17) is 17.4 Å². The number of rotatable bonds is 3. The fourth-order valence-corrected chi connectivity index (χ4v) is 1.28. The minimum Gasteiger partial charge on any atom is -0.271 e. The summed E-state index contributed by atoms with van der Waals surface area (Å²) in [5, 5.41) is 0.542. The Morgan fingerprint density at radius 2 is 2.31 bits per heavy atom. The first-order valence-corrected chi connectivity index (χ1v) is 4.41. The minimum atomic E-state index is -0.244. The van der Waals surface area contributed by atoms with E-state index in [1.165, 1.54) is 12.1 Å². The fraction of sp³-hybridized carbons (Fsp3) is 0.333. The molecular weight excluding hydrogens is 191 g/mol. The van der Waals surface area contributed by atoms with E-state index in [1.54, 1.807) is 6.07 Å². The Kier molecular flexibility index (Phi) is 3.66. The zero-order chi connectivity index (χ0) is 9.84. The zero-order valence-electron chi connectivity index (χ0n) is 7.35. The van der Waals surface area contributed by atoms with Crippen LogP contribution < -0.4 is 11.3 Å². The Bertz CT molecular complexity index is 291. The summed E-state index contributed by atoms with van der Waals surface area (Å²) < 4.78 is 13.1. The Morgan fingerprint density at radius 1 is 1.62 bits per heavy atom. The second-order valence-corrected chi connectivity index (χ2v) is 3.44. The maximum Gasteiger partial charge on any atom is 0.126 e. The lowest BCUT2D eigenvalue weighted by Crippen LogP contribution is -2.34. The first-order chi connectivity index (χ1) is 6.13. The normalized spacial score (nSPS) is 12.9. The van der Waals surface area contributed by atoms with Gasteiger partial charge in [-0.2, -0.15) is 0 Å². The minimum absolute atomic E-state index is 0.0352. The number of hydrogen-bond acceptors (Lipinski definition) is 2. The average molecular weight is 203 g/mol. The highest BCUT2D eigenvalue weighted by atomic mass is 35.5. The van der Waals surface area contributed by atoms with E-state index in [0.29, 0.717) is 17.0 Å². The van der Waals surface area contributed by atoms with Crippen LogP contribution in [0.15, 0.2) is 18.2 Å². The molecule has 0 saturated heterocycles. The number of hydrogen-bond donors (Lipinski definition) is 2. The smallest absolute Gasteiger partial charge is 0.126 e. The largest absolute Gasteiger partial charge is 0.271 e. The molecule has 0 aromatic heterocycles. The fourth-order valence-electron chi connectivity index (χ4n) is 1.09. The van der Waals surface area contributed by atoms with Crippen LogP contribution in [0.1, 0.15) is 12.5 Å². The second kappa shape index (κ2) is 4.56. The maximum absolute atomic E-state index is 13.1. The molecule has 0 saturated carbocycles. The molecule has 0 bridgehead atoms. The van der Waals surface area contributed by atoms with Gasteiger partial charge in [0.25, 0.3) is 0 Å². The lowest BCUT2D eigenvalue weighted by molar-refractivity contribution is 0.541. The zero-order valence-corrected chi connectivity index (χ0v) is 8.11. The summed E-state index contributed by atoms with van der Waals surface area (Å²) in [6.45, 7) is 1.88. The Labute approximate surface area is 81.9 Å². The predicted octanol–water partition coefficient (Wildman–Crippen LogP) is 1.87. The summed E-state index contributed by atoms with van der Waals surface area (Å²) in [5.41, 5.74) is 3.13. The molecule has 72 valence electrons. The van der Waals surface area contributed by atoms with E-state index in [0.717, 1.165) is 0 Å². The molecule has 3 N–H and O–H groups in total. The Hall–Kier alpha value is -0.640. The van der Waals surface area contributed by atoms with Gasteiger partial charge in [-0.05, 0) is 37.1 Å². The van der Waals surface area contributed by atoms with Crippen molar-refractivity contribution in [2.24, 2.45) is 5.84 Å². The van der Waals surface area contributed by atoms with E-state index in [9.17, 15) is 4.39 Å². The molecule has 0 heterocycles. The van der Waals surface area contributed by atoms with Gasteiger partial charge in [-0.15, -0.1) is 0 Å². The van der Waals surface area contributed by atoms with Gasteiger partial charge in [0.2, 0.25) is 0 Å². The average Bonchev–Trinajstić information content (AvgIpc) is 2.11. The molecular formula is C9H12ClFN2. The van der Waals surface area contributed by atoms with Gasteiger partial charge in [-0.25, -0.2) is 4.39 Å². The van der Waals surface area contributed by atoms with Crippen molar-refractivity contribution < 1.29 is 4.39 Å². The van der Waals surface area contributed by atoms with Crippen LogP contribution in [0.3, 0.4) is 0 Å². The molecule has 0 spiro atoms. The molecule has 0 amide bonds. The molecule has 13 heavy (non-hydrogen) atoms.